The number of oxazole rings is 1. The average Bonchev–Trinajstić information content (AvgIpc) is 3.28. The van der Waals surface area contributed by atoms with E-state index < -0.39 is 5.97 Å². The van der Waals surface area contributed by atoms with Gasteiger partial charge in [-0.05, 0) is 29.8 Å². The summed E-state index contributed by atoms with van der Waals surface area (Å²) in [6.07, 6.45) is 1.64. The second-order valence-corrected chi connectivity index (χ2v) is 6.33. The van der Waals surface area contributed by atoms with E-state index in [0.29, 0.717) is 28.3 Å². The SMILES string of the molecule is N#Cc1ccc(COC(=O)c2ccccc2-c2ncc(-c3ccccc3)o2)cc1. The van der Waals surface area contributed by atoms with Crippen LogP contribution < -0.4 is 0 Å². The van der Waals surface area contributed by atoms with Crippen molar-refractivity contribution in [1.82, 2.24) is 4.98 Å². The molecule has 0 fully saturated rings. The first-order valence-corrected chi connectivity index (χ1v) is 9.01. The van der Waals surface area contributed by atoms with E-state index in [2.05, 4.69) is 11.1 Å². The van der Waals surface area contributed by atoms with Gasteiger partial charge in [-0.3, -0.25) is 0 Å². The Balaban J connectivity index is 1.54. The molecule has 140 valence electrons. The van der Waals surface area contributed by atoms with Crippen LogP contribution in [-0.2, 0) is 11.3 Å². The van der Waals surface area contributed by atoms with E-state index in [1.807, 2.05) is 36.4 Å². The molecule has 4 rings (SSSR count). The molecule has 3 aromatic carbocycles. The molecule has 0 spiro atoms. The van der Waals surface area contributed by atoms with Gasteiger partial charge in [-0.25, -0.2) is 9.78 Å². The monoisotopic (exact) mass is 380 g/mol. The molecule has 0 unspecified atom stereocenters. The van der Waals surface area contributed by atoms with Crippen LogP contribution in [0.2, 0.25) is 0 Å². The average molecular weight is 380 g/mol. The molecule has 0 amide bonds. The van der Waals surface area contributed by atoms with E-state index in [1.165, 1.54) is 0 Å². The van der Waals surface area contributed by atoms with Crippen molar-refractivity contribution in [2.45, 2.75) is 6.61 Å². The van der Waals surface area contributed by atoms with Crippen LogP contribution in [0, 0.1) is 11.3 Å². The number of carbonyl (C=O) groups is 1. The summed E-state index contributed by atoms with van der Waals surface area (Å²) in [5.41, 5.74) is 3.22. The smallest absolute Gasteiger partial charge is 0.339 e. The first kappa shape index (κ1) is 18.2. The Kier molecular flexibility index (Phi) is 5.17. The van der Waals surface area contributed by atoms with Crippen LogP contribution in [0.25, 0.3) is 22.8 Å². The predicted octanol–water partition coefficient (Wildman–Crippen LogP) is 5.24. The van der Waals surface area contributed by atoms with Crippen LogP contribution in [0.5, 0.6) is 0 Å². The van der Waals surface area contributed by atoms with Gasteiger partial charge in [0.25, 0.3) is 0 Å². The highest BCUT2D eigenvalue weighted by Crippen LogP contribution is 2.28. The molecule has 5 nitrogen and oxygen atoms in total. The maximum absolute atomic E-state index is 12.7. The van der Waals surface area contributed by atoms with Crippen molar-refractivity contribution in [3.63, 3.8) is 0 Å². The number of ether oxygens (including phenoxy) is 1. The summed E-state index contributed by atoms with van der Waals surface area (Å²) in [7, 11) is 0. The molecular formula is C24H16N2O3. The van der Waals surface area contributed by atoms with E-state index >= 15 is 0 Å². The molecule has 0 radical (unpaired) electrons. The Morgan fingerprint density at radius 2 is 1.69 bits per heavy atom. The zero-order valence-electron chi connectivity index (χ0n) is 15.4. The fourth-order valence-corrected chi connectivity index (χ4v) is 2.88. The Hall–Kier alpha value is -4.17. The Morgan fingerprint density at radius 3 is 2.45 bits per heavy atom. The highest BCUT2D eigenvalue weighted by Gasteiger charge is 2.18. The normalized spacial score (nSPS) is 10.3. The number of hydrogen-bond acceptors (Lipinski definition) is 5. The first-order valence-electron chi connectivity index (χ1n) is 9.01. The zero-order chi connectivity index (χ0) is 20.1. The minimum absolute atomic E-state index is 0.111. The highest BCUT2D eigenvalue weighted by atomic mass is 16.5. The van der Waals surface area contributed by atoms with Crippen LogP contribution in [0.3, 0.4) is 0 Å². The fraction of sp³-hybridized carbons (Fsp3) is 0.0417. The standard InChI is InChI=1S/C24H16N2O3/c25-14-17-10-12-18(13-11-17)16-28-24(27)21-9-5-4-8-20(21)23-26-15-22(29-23)19-6-2-1-3-7-19/h1-13,15H,16H2. The number of carbonyl (C=O) groups excluding carboxylic acids is 1. The molecule has 0 aliphatic carbocycles. The van der Waals surface area contributed by atoms with Crippen LogP contribution in [0.1, 0.15) is 21.5 Å². The number of esters is 1. The molecule has 0 saturated heterocycles. The summed E-state index contributed by atoms with van der Waals surface area (Å²) >= 11 is 0. The predicted molar refractivity (Wildman–Crippen MR) is 108 cm³/mol. The number of hydrogen-bond donors (Lipinski definition) is 0. The summed E-state index contributed by atoms with van der Waals surface area (Å²) < 4.78 is 11.3. The Labute approximate surface area is 167 Å². The fourth-order valence-electron chi connectivity index (χ4n) is 2.88. The minimum atomic E-state index is -0.468. The zero-order valence-corrected chi connectivity index (χ0v) is 15.4. The van der Waals surface area contributed by atoms with Crippen molar-refractivity contribution in [2.24, 2.45) is 0 Å². The van der Waals surface area contributed by atoms with Gasteiger partial charge >= 0.3 is 5.97 Å². The molecule has 0 saturated carbocycles. The number of nitriles is 1. The van der Waals surface area contributed by atoms with E-state index in [0.717, 1.165) is 11.1 Å². The van der Waals surface area contributed by atoms with Gasteiger partial charge in [0, 0.05) is 5.56 Å². The lowest BCUT2D eigenvalue weighted by Crippen LogP contribution is -2.07. The lowest BCUT2D eigenvalue weighted by molar-refractivity contribution is 0.0473. The molecule has 1 heterocycles. The van der Waals surface area contributed by atoms with Crippen molar-refractivity contribution in [3.8, 4) is 28.8 Å². The van der Waals surface area contributed by atoms with Gasteiger partial charge in [-0.15, -0.1) is 0 Å². The topological polar surface area (TPSA) is 76.1 Å². The van der Waals surface area contributed by atoms with Gasteiger partial charge in [0.05, 0.1) is 29.0 Å². The van der Waals surface area contributed by atoms with Crippen molar-refractivity contribution < 1.29 is 13.9 Å². The highest BCUT2D eigenvalue weighted by molar-refractivity contribution is 5.96. The Bertz CT molecular complexity index is 1170. The maximum atomic E-state index is 12.7. The summed E-state index contributed by atoms with van der Waals surface area (Å²) in [5, 5.41) is 8.86. The summed E-state index contributed by atoms with van der Waals surface area (Å²) in [5.74, 6) is 0.514. The van der Waals surface area contributed by atoms with Gasteiger partial charge in [0.2, 0.25) is 5.89 Å². The molecule has 0 N–H and O–H groups in total. The summed E-state index contributed by atoms with van der Waals surface area (Å²) in [6.45, 7) is 0.111. The number of rotatable bonds is 5. The van der Waals surface area contributed by atoms with Crippen LogP contribution in [0.4, 0.5) is 0 Å². The van der Waals surface area contributed by atoms with Crippen molar-refractivity contribution >= 4 is 5.97 Å². The minimum Gasteiger partial charge on any atom is -0.457 e. The van der Waals surface area contributed by atoms with Crippen molar-refractivity contribution in [3.05, 3.63) is 102 Å². The molecule has 0 bridgehead atoms. The molecule has 29 heavy (non-hydrogen) atoms. The largest absolute Gasteiger partial charge is 0.457 e. The second kappa shape index (κ2) is 8.24. The van der Waals surface area contributed by atoms with Crippen molar-refractivity contribution in [2.75, 3.05) is 0 Å². The van der Waals surface area contributed by atoms with E-state index in [9.17, 15) is 4.79 Å². The molecule has 4 aromatic rings. The van der Waals surface area contributed by atoms with Crippen LogP contribution in [-0.4, -0.2) is 11.0 Å². The third-order valence-electron chi connectivity index (χ3n) is 4.39. The molecular weight excluding hydrogens is 364 g/mol. The number of benzene rings is 3. The third kappa shape index (κ3) is 4.07. The second-order valence-electron chi connectivity index (χ2n) is 6.33. The van der Waals surface area contributed by atoms with E-state index in [4.69, 9.17) is 14.4 Å². The molecule has 0 aliphatic rings. The number of nitrogens with zero attached hydrogens (tertiary/aromatic N) is 2. The van der Waals surface area contributed by atoms with E-state index in [1.54, 1.807) is 48.7 Å². The molecule has 0 aliphatic heterocycles. The van der Waals surface area contributed by atoms with Crippen LogP contribution >= 0.6 is 0 Å². The molecule has 0 atom stereocenters. The third-order valence-corrected chi connectivity index (χ3v) is 4.39. The van der Waals surface area contributed by atoms with Crippen LogP contribution in [0.15, 0.2) is 89.5 Å². The van der Waals surface area contributed by atoms with Gasteiger partial charge in [0.1, 0.15) is 6.61 Å². The quantitative estimate of drug-likeness (QED) is 0.443. The first-order chi connectivity index (χ1) is 14.2. The Morgan fingerprint density at radius 1 is 0.966 bits per heavy atom. The number of aromatic nitrogens is 1. The van der Waals surface area contributed by atoms with Crippen molar-refractivity contribution in [1.29, 1.82) is 5.26 Å². The summed E-state index contributed by atoms with van der Waals surface area (Å²) in [6, 6.07) is 25.6. The molecule has 1 aromatic heterocycles. The van der Waals surface area contributed by atoms with E-state index in [-0.39, 0.29) is 6.61 Å². The summed E-state index contributed by atoms with van der Waals surface area (Å²) in [4.78, 5) is 17.0. The lowest BCUT2D eigenvalue weighted by atomic mass is 10.1. The maximum Gasteiger partial charge on any atom is 0.339 e. The van der Waals surface area contributed by atoms with Gasteiger partial charge < -0.3 is 9.15 Å². The van der Waals surface area contributed by atoms with Gasteiger partial charge in [0.15, 0.2) is 5.76 Å². The van der Waals surface area contributed by atoms with Gasteiger partial charge in [-0.2, -0.15) is 5.26 Å². The van der Waals surface area contributed by atoms with Gasteiger partial charge in [-0.1, -0.05) is 54.6 Å². The molecule has 5 heteroatoms. The lowest BCUT2D eigenvalue weighted by Gasteiger charge is -2.08.